The number of nitrogens with two attached hydrogens (primary N) is 1. The van der Waals surface area contributed by atoms with Gasteiger partial charge in [0, 0.05) is 5.69 Å². The number of aryl methyl sites for hydroxylation is 2. The Labute approximate surface area is 114 Å². The first kappa shape index (κ1) is 12.9. The molecular weight excluding hydrogens is 295 g/mol. The van der Waals surface area contributed by atoms with Gasteiger partial charge in [0.2, 0.25) is 0 Å². The molecule has 2 aromatic rings. The smallest absolute Gasteiger partial charge is 0.139 e. The summed E-state index contributed by atoms with van der Waals surface area (Å²) < 4.78 is 14.0. The second-order valence-corrected chi connectivity index (χ2v) is 5.15. The number of hydrogen-bond acceptors (Lipinski definition) is 2. The molecule has 0 amide bonds. The van der Waals surface area contributed by atoms with Gasteiger partial charge >= 0.3 is 0 Å². The number of nitrogens with one attached hydrogen (secondary N) is 1. The Kier molecular flexibility index (Phi) is 3.57. The first-order valence-electron chi connectivity index (χ1n) is 5.56. The van der Waals surface area contributed by atoms with E-state index in [4.69, 9.17) is 5.73 Å². The molecule has 0 heterocycles. The van der Waals surface area contributed by atoms with Crippen molar-refractivity contribution >= 4 is 33.0 Å². The fourth-order valence-electron chi connectivity index (χ4n) is 1.72. The van der Waals surface area contributed by atoms with Gasteiger partial charge in [0.25, 0.3) is 0 Å². The molecule has 0 aliphatic rings. The molecule has 0 fully saturated rings. The second-order valence-electron chi connectivity index (χ2n) is 4.30. The predicted molar refractivity (Wildman–Crippen MR) is 77.7 cm³/mol. The van der Waals surface area contributed by atoms with E-state index >= 15 is 0 Å². The van der Waals surface area contributed by atoms with Crippen LogP contribution >= 0.6 is 15.9 Å². The molecule has 0 aromatic heterocycles. The summed E-state index contributed by atoms with van der Waals surface area (Å²) in [6.45, 7) is 3.89. The summed E-state index contributed by atoms with van der Waals surface area (Å²) in [5, 5.41) is 3.15. The van der Waals surface area contributed by atoms with Crippen molar-refractivity contribution in [2.45, 2.75) is 13.8 Å². The Bertz CT molecular complexity index is 597. The van der Waals surface area contributed by atoms with Crippen molar-refractivity contribution in [2.24, 2.45) is 0 Å². The lowest BCUT2D eigenvalue weighted by Crippen LogP contribution is -1.99. The SMILES string of the molecule is Cc1ccc(Nc2cc(F)c(Br)cc2C)c(N)c1. The van der Waals surface area contributed by atoms with Crippen LogP contribution in [0.1, 0.15) is 11.1 Å². The zero-order valence-corrected chi connectivity index (χ0v) is 11.8. The molecule has 0 radical (unpaired) electrons. The third-order valence-electron chi connectivity index (χ3n) is 2.74. The van der Waals surface area contributed by atoms with Crippen LogP contribution < -0.4 is 11.1 Å². The maximum Gasteiger partial charge on any atom is 0.139 e. The summed E-state index contributed by atoms with van der Waals surface area (Å²) >= 11 is 3.16. The van der Waals surface area contributed by atoms with E-state index in [9.17, 15) is 4.39 Å². The highest BCUT2D eigenvalue weighted by atomic mass is 79.9. The van der Waals surface area contributed by atoms with Crippen LogP contribution in [0.3, 0.4) is 0 Å². The molecule has 0 saturated heterocycles. The fraction of sp³-hybridized carbons (Fsp3) is 0.143. The van der Waals surface area contributed by atoms with Crippen molar-refractivity contribution in [2.75, 3.05) is 11.1 Å². The number of hydrogen-bond donors (Lipinski definition) is 2. The summed E-state index contributed by atoms with van der Waals surface area (Å²) in [5.41, 5.74) is 10.1. The van der Waals surface area contributed by atoms with Gasteiger partial charge in [-0.25, -0.2) is 4.39 Å². The third kappa shape index (κ3) is 2.64. The Balaban J connectivity index is 2.37. The van der Waals surface area contributed by atoms with Crippen LogP contribution in [-0.2, 0) is 0 Å². The summed E-state index contributed by atoms with van der Waals surface area (Å²) in [7, 11) is 0. The molecule has 2 rings (SSSR count). The quantitative estimate of drug-likeness (QED) is 0.800. The Morgan fingerprint density at radius 1 is 1.11 bits per heavy atom. The maximum atomic E-state index is 13.5. The minimum absolute atomic E-state index is 0.297. The first-order valence-corrected chi connectivity index (χ1v) is 6.35. The standard InChI is InChI=1S/C14H14BrFN2/c1-8-3-4-13(12(17)5-8)18-14-7-11(16)10(15)6-9(14)2/h3-7,18H,17H2,1-2H3. The molecule has 2 nitrogen and oxygen atoms in total. The predicted octanol–water partition coefficient (Wildman–Crippen LogP) is 4.53. The zero-order chi connectivity index (χ0) is 13.3. The second kappa shape index (κ2) is 4.98. The molecule has 0 aliphatic carbocycles. The molecule has 0 bridgehead atoms. The molecule has 0 saturated carbocycles. The largest absolute Gasteiger partial charge is 0.397 e. The van der Waals surface area contributed by atoms with Crippen LogP contribution in [0.15, 0.2) is 34.8 Å². The van der Waals surface area contributed by atoms with Gasteiger partial charge in [-0.05, 0) is 65.2 Å². The summed E-state index contributed by atoms with van der Waals surface area (Å²) in [6, 6.07) is 8.93. The van der Waals surface area contributed by atoms with Gasteiger partial charge < -0.3 is 11.1 Å². The monoisotopic (exact) mass is 308 g/mol. The minimum atomic E-state index is -0.297. The molecule has 0 unspecified atom stereocenters. The van der Waals surface area contributed by atoms with E-state index < -0.39 is 0 Å². The lowest BCUT2D eigenvalue weighted by atomic mass is 10.1. The van der Waals surface area contributed by atoms with E-state index in [1.165, 1.54) is 6.07 Å². The topological polar surface area (TPSA) is 38.0 Å². The lowest BCUT2D eigenvalue weighted by molar-refractivity contribution is 0.621. The number of rotatable bonds is 2. The summed E-state index contributed by atoms with van der Waals surface area (Å²) in [6.07, 6.45) is 0. The molecular formula is C14H14BrFN2. The van der Waals surface area contributed by atoms with E-state index in [0.717, 1.165) is 16.8 Å². The number of benzene rings is 2. The average molecular weight is 309 g/mol. The van der Waals surface area contributed by atoms with Gasteiger partial charge in [-0.1, -0.05) is 6.07 Å². The normalized spacial score (nSPS) is 10.4. The van der Waals surface area contributed by atoms with Crippen LogP contribution in [0.2, 0.25) is 0 Å². The van der Waals surface area contributed by atoms with Gasteiger partial charge in [0.1, 0.15) is 5.82 Å². The van der Waals surface area contributed by atoms with Crippen LogP contribution in [0, 0.1) is 19.7 Å². The van der Waals surface area contributed by atoms with Crippen molar-refractivity contribution < 1.29 is 4.39 Å². The summed E-state index contributed by atoms with van der Waals surface area (Å²) in [5.74, 6) is -0.297. The number of nitrogen functional groups attached to an aromatic ring is 1. The molecule has 94 valence electrons. The molecule has 0 aliphatic heterocycles. The van der Waals surface area contributed by atoms with Crippen molar-refractivity contribution in [3.05, 3.63) is 51.7 Å². The molecule has 18 heavy (non-hydrogen) atoms. The van der Waals surface area contributed by atoms with Gasteiger partial charge in [0.15, 0.2) is 0 Å². The molecule has 3 N–H and O–H groups in total. The van der Waals surface area contributed by atoms with E-state index in [-0.39, 0.29) is 5.82 Å². The van der Waals surface area contributed by atoms with E-state index in [1.54, 1.807) is 6.07 Å². The van der Waals surface area contributed by atoms with Crippen molar-refractivity contribution in [1.29, 1.82) is 0 Å². The van der Waals surface area contributed by atoms with Gasteiger partial charge in [-0.15, -0.1) is 0 Å². The maximum absolute atomic E-state index is 13.5. The first-order chi connectivity index (χ1) is 8.47. The van der Waals surface area contributed by atoms with Crippen LogP contribution in [0.5, 0.6) is 0 Å². The summed E-state index contributed by atoms with van der Waals surface area (Å²) in [4.78, 5) is 0. The van der Waals surface area contributed by atoms with Gasteiger partial charge in [-0.2, -0.15) is 0 Å². The fourth-order valence-corrected chi connectivity index (χ4v) is 2.18. The van der Waals surface area contributed by atoms with E-state index in [2.05, 4.69) is 21.2 Å². The van der Waals surface area contributed by atoms with Gasteiger partial charge in [-0.3, -0.25) is 0 Å². The van der Waals surface area contributed by atoms with E-state index in [0.29, 0.717) is 15.8 Å². The number of anilines is 3. The van der Waals surface area contributed by atoms with Crippen molar-refractivity contribution in [3.63, 3.8) is 0 Å². The Morgan fingerprint density at radius 3 is 2.50 bits per heavy atom. The highest BCUT2D eigenvalue weighted by Crippen LogP contribution is 2.29. The van der Waals surface area contributed by atoms with Crippen LogP contribution in [0.4, 0.5) is 21.5 Å². The highest BCUT2D eigenvalue weighted by Gasteiger charge is 2.07. The van der Waals surface area contributed by atoms with Crippen LogP contribution in [0.25, 0.3) is 0 Å². The van der Waals surface area contributed by atoms with E-state index in [1.807, 2.05) is 32.0 Å². The minimum Gasteiger partial charge on any atom is -0.397 e. The Hall–Kier alpha value is -1.55. The Morgan fingerprint density at radius 2 is 1.83 bits per heavy atom. The number of halogens is 2. The van der Waals surface area contributed by atoms with Crippen LogP contribution in [-0.4, -0.2) is 0 Å². The molecule has 0 spiro atoms. The molecule has 0 atom stereocenters. The molecule has 2 aromatic carbocycles. The van der Waals surface area contributed by atoms with Gasteiger partial charge in [0.05, 0.1) is 15.8 Å². The average Bonchev–Trinajstić information content (AvgIpc) is 2.29. The van der Waals surface area contributed by atoms with Crippen molar-refractivity contribution in [3.8, 4) is 0 Å². The highest BCUT2D eigenvalue weighted by molar-refractivity contribution is 9.10. The zero-order valence-electron chi connectivity index (χ0n) is 10.2. The van der Waals surface area contributed by atoms with Crippen molar-refractivity contribution in [1.82, 2.24) is 0 Å². The molecule has 4 heteroatoms. The lowest BCUT2D eigenvalue weighted by Gasteiger charge is -2.13. The third-order valence-corrected chi connectivity index (χ3v) is 3.35.